The number of hydrogen-bond donors (Lipinski definition) is 0. The lowest BCUT2D eigenvalue weighted by Gasteiger charge is -2.08. The van der Waals surface area contributed by atoms with Gasteiger partial charge in [0.1, 0.15) is 0 Å². The maximum atomic E-state index is 5.52. The highest BCUT2D eigenvalue weighted by molar-refractivity contribution is 7.99. The second kappa shape index (κ2) is 6.77. The van der Waals surface area contributed by atoms with Gasteiger partial charge in [-0.15, -0.1) is 10.2 Å². The predicted octanol–water partition coefficient (Wildman–Crippen LogP) is 3.08. The molecule has 0 aliphatic carbocycles. The van der Waals surface area contributed by atoms with Crippen LogP contribution in [0, 0.1) is 0 Å². The molecule has 0 aliphatic rings. The van der Waals surface area contributed by atoms with Gasteiger partial charge in [0, 0.05) is 12.3 Å². The summed E-state index contributed by atoms with van der Waals surface area (Å²) in [6.45, 7) is 7.68. The van der Waals surface area contributed by atoms with E-state index in [1.165, 1.54) is 0 Å². The number of rotatable bonds is 7. The molecule has 6 heteroatoms. The fourth-order valence-corrected chi connectivity index (χ4v) is 2.52. The third-order valence-corrected chi connectivity index (χ3v) is 3.47. The first-order chi connectivity index (χ1) is 9.22. The predicted molar refractivity (Wildman–Crippen MR) is 75.2 cm³/mol. The van der Waals surface area contributed by atoms with E-state index >= 15 is 0 Å². The molecule has 0 spiro atoms. The molecular formula is C13H19N3O2S. The number of furan rings is 1. The van der Waals surface area contributed by atoms with Crippen LogP contribution in [0.2, 0.25) is 0 Å². The third-order valence-electron chi connectivity index (χ3n) is 2.54. The van der Waals surface area contributed by atoms with Crippen molar-refractivity contribution in [3.05, 3.63) is 18.4 Å². The maximum absolute atomic E-state index is 5.52. The molecule has 104 valence electrons. The van der Waals surface area contributed by atoms with E-state index in [9.17, 15) is 0 Å². The van der Waals surface area contributed by atoms with Crippen molar-refractivity contribution < 1.29 is 9.15 Å². The normalized spacial score (nSPS) is 11.4. The van der Waals surface area contributed by atoms with Gasteiger partial charge in [-0.2, -0.15) is 0 Å². The zero-order chi connectivity index (χ0) is 13.7. The smallest absolute Gasteiger partial charge is 0.200 e. The van der Waals surface area contributed by atoms with Gasteiger partial charge in [0.2, 0.25) is 0 Å². The summed E-state index contributed by atoms with van der Waals surface area (Å²) >= 11 is 1.65. The number of hydrogen-bond acceptors (Lipinski definition) is 5. The van der Waals surface area contributed by atoms with Crippen molar-refractivity contribution in [1.29, 1.82) is 0 Å². The molecule has 2 heterocycles. The number of nitrogens with zero attached hydrogens (tertiary/aromatic N) is 3. The monoisotopic (exact) mass is 281 g/mol. The van der Waals surface area contributed by atoms with Crippen LogP contribution in [0.4, 0.5) is 0 Å². The van der Waals surface area contributed by atoms with Gasteiger partial charge >= 0.3 is 0 Å². The van der Waals surface area contributed by atoms with Crippen LogP contribution in [0.5, 0.6) is 0 Å². The van der Waals surface area contributed by atoms with Crippen molar-refractivity contribution in [3.63, 3.8) is 0 Å². The van der Waals surface area contributed by atoms with Gasteiger partial charge in [0.05, 0.1) is 19.0 Å². The van der Waals surface area contributed by atoms with Crippen LogP contribution in [-0.4, -0.2) is 33.2 Å². The summed E-state index contributed by atoms with van der Waals surface area (Å²) < 4.78 is 12.9. The van der Waals surface area contributed by atoms with Gasteiger partial charge < -0.3 is 9.15 Å². The average Bonchev–Trinajstić information content (AvgIpc) is 3.02. The van der Waals surface area contributed by atoms with Crippen LogP contribution in [-0.2, 0) is 11.3 Å². The fourth-order valence-electron chi connectivity index (χ4n) is 1.69. The van der Waals surface area contributed by atoms with Crippen molar-refractivity contribution in [2.24, 2.45) is 0 Å². The Kier molecular flexibility index (Phi) is 5.04. The van der Waals surface area contributed by atoms with E-state index in [0.29, 0.717) is 0 Å². The van der Waals surface area contributed by atoms with Crippen LogP contribution in [0.3, 0.4) is 0 Å². The first kappa shape index (κ1) is 14.1. The molecule has 0 aliphatic heterocycles. The minimum Gasteiger partial charge on any atom is -0.461 e. The Morgan fingerprint density at radius 3 is 2.89 bits per heavy atom. The Labute approximate surface area is 117 Å². The highest BCUT2D eigenvalue weighted by atomic mass is 32.2. The molecule has 0 atom stereocenters. The Morgan fingerprint density at radius 1 is 1.42 bits per heavy atom. The summed E-state index contributed by atoms with van der Waals surface area (Å²) in [6, 6.07) is 3.75. The first-order valence-corrected chi connectivity index (χ1v) is 7.42. The molecule has 0 N–H and O–H groups in total. The van der Waals surface area contributed by atoms with Gasteiger partial charge in [0.15, 0.2) is 16.7 Å². The van der Waals surface area contributed by atoms with Crippen molar-refractivity contribution in [3.8, 4) is 11.6 Å². The van der Waals surface area contributed by atoms with Crippen LogP contribution >= 0.6 is 11.8 Å². The minimum atomic E-state index is 0.267. The third kappa shape index (κ3) is 3.61. The van der Waals surface area contributed by atoms with Gasteiger partial charge in [-0.05, 0) is 32.9 Å². The molecule has 0 saturated heterocycles. The van der Waals surface area contributed by atoms with E-state index in [2.05, 4.69) is 21.7 Å². The van der Waals surface area contributed by atoms with E-state index in [0.717, 1.165) is 35.6 Å². The molecule has 2 aromatic heterocycles. The second-order valence-electron chi connectivity index (χ2n) is 4.30. The summed E-state index contributed by atoms with van der Waals surface area (Å²) in [5, 5.41) is 9.32. The molecular weight excluding hydrogens is 262 g/mol. The highest BCUT2D eigenvalue weighted by Crippen LogP contribution is 2.24. The number of thioether (sulfide) groups is 1. The molecule has 2 aromatic rings. The average molecular weight is 281 g/mol. The Hall–Kier alpha value is -1.27. The maximum Gasteiger partial charge on any atom is 0.200 e. The molecule has 0 unspecified atom stereocenters. The van der Waals surface area contributed by atoms with E-state index in [1.54, 1.807) is 18.0 Å². The van der Waals surface area contributed by atoms with Crippen LogP contribution in [0.25, 0.3) is 11.6 Å². The zero-order valence-corrected chi connectivity index (χ0v) is 12.3. The summed E-state index contributed by atoms with van der Waals surface area (Å²) in [4.78, 5) is 0. The quantitative estimate of drug-likeness (QED) is 0.576. The number of aromatic nitrogens is 3. The van der Waals surface area contributed by atoms with Crippen molar-refractivity contribution in [1.82, 2.24) is 14.8 Å². The summed E-state index contributed by atoms with van der Waals surface area (Å²) in [5.41, 5.74) is 0. The second-order valence-corrected chi connectivity index (χ2v) is 5.36. The Morgan fingerprint density at radius 2 is 2.26 bits per heavy atom. The van der Waals surface area contributed by atoms with Crippen molar-refractivity contribution in [2.45, 2.75) is 38.6 Å². The van der Waals surface area contributed by atoms with Gasteiger partial charge in [-0.1, -0.05) is 11.8 Å². The van der Waals surface area contributed by atoms with Crippen molar-refractivity contribution in [2.75, 3.05) is 12.4 Å². The highest BCUT2D eigenvalue weighted by Gasteiger charge is 2.14. The first-order valence-electron chi connectivity index (χ1n) is 6.43. The van der Waals surface area contributed by atoms with Crippen LogP contribution < -0.4 is 0 Å². The van der Waals surface area contributed by atoms with Gasteiger partial charge in [0.25, 0.3) is 0 Å². The van der Waals surface area contributed by atoms with Crippen LogP contribution in [0.1, 0.15) is 20.8 Å². The van der Waals surface area contributed by atoms with Gasteiger partial charge in [-0.3, -0.25) is 4.57 Å². The topological polar surface area (TPSA) is 53.1 Å². The van der Waals surface area contributed by atoms with E-state index in [4.69, 9.17) is 9.15 Å². The Balaban J connectivity index is 2.02. The van der Waals surface area contributed by atoms with E-state index in [-0.39, 0.29) is 6.10 Å². The molecule has 5 nitrogen and oxygen atoms in total. The summed E-state index contributed by atoms with van der Waals surface area (Å²) in [6.07, 6.45) is 1.91. The Bertz CT molecular complexity index is 494. The molecule has 0 radical (unpaired) electrons. The SMILES string of the molecule is CCn1c(SCCOC(C)C)nnc1-c1ccco1. The molecule has 0 bridgehead atoms. The van der Waals surface area contributed by atoms with E-state index in [1.807, 2.05) is 26.0 Å². The lowest BCUT2D eigenvalue weighted by atomic mass is 10.4. The summed E-state index contributed by atoms with van der Waals surface area (Å²) in [7, 11) is 0. The molecule has 0 aromatic carbocycles. The number of ether oxygens (including phenoxy) is 1. The lowest BCUT2D eigenvalue weighted by Crippen LogP contribution is -2.06. The molecule has 2 rings (SSSR count). The lowest BCUT2D eigenvalue weighted by molar-refractivity contribution is 0.0920. The fraction of sp³-hybridized carbons (Fsp3) is 0.538. The van der Waals surface area contributed by atoms with Crippen molar-refractivity contribution >= 4 is 11.8 Å². The zero-order valence-electron chi connectivity index (χ0n) is 11.5. The molecule has 0 saturated carbocycles. The largest absolute Gasteiger partial charge is 0.461 e. The molecule has 0 amide bonds. The summed E-state index contributed by atoms with van der Waals surface area (Å²) in [5.74, 6) is 2.40. The molecule has 19 heavy (non-hydrogen) atoms. The standard InChI is InChI=1S/C13H19N3O2S/c1-4-16-12(11-6-5-7-18-11)14-15-13(16)19-9-8-17-10(2)3/h5-7,10H,4,8-9H2,1-3H3. The molecule has 0 fully saturated rings. The van der Waals surface area contributed by atoms with Gasteiger partial charge in [-0.25, -0.2) is 0 Å². The van der Waals surface area contributed by atoms with E-state index < -0.39 is 0 Å². The minimum absolute atomic E-state index is 0.267. The van der Waals surface area contributed by atoms with Crippen LogP contribution in [0.15, 0.2) is 28.0 Å².